The number of carbonyl (C=O) groups is 1. The van der Waals surface area contributed by atoms with E-state index in [1.165, 1.54) is 5.52 Å². The number of nitrogens with one attached hydrogen (secondary N) is 2. The van der Waals surface area contributed by atoms with Crippen molar-refractivity contribution >= 4 is 46.9 Å². The summed E-state index contributed by atoms with van der Waals surface area (Å²) in [6, 6.07) is 15.9. The number of primary amides is 1. The van der Waals surface area contributed by atoms with Gasteiger partial charge in [0.05, 0.1) is 11.0 Å². The molecule has 9 heteroatoms. The monoisotopic (exact) mass is 550 g/mol. The molecule has 3 aromatic rings. The minimum absolute atomic E-state index is 0. The number of hydrogen-bond acceptors (Lipinski definition) is 4. The van der Waals surface area contributed by atoms with Crippen LogP contribution in [0.2, 0.25) is 0 Å². The van der Waals surface area contributed by atoms with Gasteiger partial charge in [0.15, 0.2) is 12.6 Å². The molecule has 0 radical (unpaired) electrons. The number of rotatable bonds is 10. The van der Waals surface area contributed by atoms with E-state index in [9.17, 15) is 4.79 Å². The highest BCUT2D eigenvalue weighted by molar-refractivity contribution is 14.0. The SMILES string of the molecule is CN=C(NCCCn1c(C)nc2ccccc21)NCCc1ccc(OCC(N)=O)cc1.I. The summed E-state index contributed by atoms with van der Waals surface area (Å²) in [7, 11) is 1.77. The topological polar surface area (TPSA) is 107 Å². The van der Waals surface area contributed by atoms with E-state index in [0.717, 1.165) is 55.3 Å². The van der Waals surface area contributed by atoms with Gasteiger partial charge in [0.25, 0.3) is 5.91 Å². The Labute approximate surface area is 205 Å². The number of aromatic nitrogens is 2. The molecule has 1 aromatic heterocycles. The number of para-hydroxylation sites is 2. The Hall–Kier alpha value is -2.82. The molecule has 0 fully saturated rings. The first-order valence-corrected chi connectivity index (χ1v) is 10.4. The number of carbonyl (C=O) groups excluding carboxylic acids is 1. The van der Waals surface area contributed by atoms with Crippen LogP contribution in [0.5, 0.6) is 5.75 Å². The van der Waals surface area contributed by atoms with Crippen LogP contribution in [-0.2, 0) is 17.8 Å². The molecule has 3 rings (SSSR count). The third kappa shape index (κ3) is 7.40. The molecule has 0 aliphatic heterocycles. The molecule has 1 heterocycles. The van der Waals surface area contributed by atoms with Crippen LogP contribution in [0.15, 0.2) is 53.5 Å². The third-order valence-corrected chi connectivity index (χ3v) is 4.93. The van der Waals surface area contributed by atoms with E-state index in [4.69, 9.17) is 10.5 Å². The van der Waals surface area contributed by atoms with Gasteiger partial charge in [0.1, 0.15) is 11.6 Å². The first-order chi connectivity index (χ1) is 15.1. The molecule has 8 nitrogen and oxygen atoms in total. The molecule has 0 aliphatic carbocycles. The van der Waals surface area contributed by atoms with E-state index in [1.807, 2.05) is 49.4 Å². The fraction of sp³-hybridized carbons (Fsp3) is 0.348. The van der Waals surface area contributed by atoms with Gasteiger partial charge in [0.2, 0.25) is 0 Å². The van der Waals surface area contributed by atoms with Gasteiger partial charge in [-0.3, -0.25) is 9.79 Å². The quantitative estimate of drug-likeness (QED) is 0.156. The van der Waals surface area contributed by atoms with E-state index in [-0.39, 0.29) is 30.6 Å². The first kappa shape index (κ1) is 25.4. The van der Waals surface area contributed by atoms with Crippen LogP contribution in [-0.4, -0.2) is 48.2 Å². The summed E-state index contributed by atoms with van der Waals surface area (Å²) >= 11 is 0. The Morgan fingerprint density at radius 1 is 1.12 bits per heavy atom. The van der Waals surface area contributed by atoms with Gasteiger partial charge >= 0.3 is 0 Å². The van der Waals surface area contributed by atoms with Gasteiger partial charge in [0, 0.05) is 26.7 Å². The lowest BCUT2D eigenvalue weighted by Gasteiger charge is -2.13. The Kier molecular flexibility index (Phi) is 10.3. The number of guanidine groups is 1. The van der Waals surface area contributed by atoms with Gasteiger partial charge in [-0.25, -0.2) is 4.98 Å². The average molecular weight is 550 g/mol. The average Bonchev–Trinajstić information content (AvgIpc) is 3.09. The number of aryl methyl sites for hydroxylation is 2. The minimum atomic E-state index is -0.485. The zero-order valence-electron chi connectivity index (χ0n) is 18.5. The van der Waals surface area contributed by atoms with E-state index >= 15 is 0 Å². The molecule has 0 bridgehead atoms. The van der Waals surface area contributed by atoms with E-state index in [1.54, 1.807) is 7.05 Å². The van der Waals surface area contributed by atoms with Crippen molar-refractivity contribution in [2.24, 2.45) is 10.7 Å². The standard InChI is InChI=1S/C23H30N6O2.HI/c1-17-28-20-6-3-4-7-21(20)29(17)15-5-13-26-23(25-2)27-14-12-18-8-10-19(11-9-18)31-16-22(24)30;/h3-4,6-11H,5,12-16H2,1-2H3,(H2,24,30)(H2,25,26,27);1H. The minimum Gasteiger partial charge on any atom is -0.484 e. The van der Waals surface area contributed by atoms with Crippen molar-refractivity contribution < 1.29 is 9.53 Å². The van der Waals surface area contributed by atoms with Crippen molar-refractivity contribution in [2.45, 2.75) is 26.3 Å². The predicted molar refractivity (Wildman–Crippen MR) is 139 cm³/mol. The number of fused-ring (bicyclic) bond motifs is 1. The van der Waals surface area contributed by atoms with Crippen LogP contribution in [0.4, 0.5) is 0 Å². The molecule has 0 atom stereocenters. The number of nitrogens with zero attached hydrogens (tertiary/aromatic N) is 3. The molecule has 0 unspecified atom stereocenters. The summed E-state index contributed by atoms with van der Waals surface area (Å²) < 4.78 is 7.52. The normalized spacial score (nSPS) is 11.1. The lowest BCUT2D eigenvalue weighted by atomic mass is 10.1. The van der Waals surface area contributed by atoms with Crippen molar-refractivity contribution in [1.82, 2.24) is 20.2 Å². The molecule has 4 N–H and O–H groups in total. The molecular weight excluding hydrogens is 519 g/mol. The highest BCUT2D eigenvalue weighted by Gasteiger charge is 2.06. The van der Waals surface area contributed by atoms with Crippen LogP contribution in [0.25, 0.3) is 11.0 Å². The summed E-state index contributed by atoms with van der Waals surface area (Å²) in [5.74, 6) is 1.97. The van der Waals surface area contributed by atoms with Crippen LogP contribution in [0.1, 0.15) is 17.8 Å². The second kappa shape index (κ2) is 12.9. The second-order valence-electron chi connectivity index (χ2n) is 7.23. The predicted octanol–water partition coefficient (Wildman–Crippen LogP) is 2.62. The van der Waals surface area contributed by atoms with E-state index in [0.29, 0.717) is 5.75 Å². The molecule has 172 valence electrons. The van der Waals surface area contributed by atoms with E-state index < -0.39 is 5.91 Å². The maximum absolute atomic E-state index is 10.8. The summed E-state index contributed by atoms with van der Waals surface area (Å²) in [6.45, 7) is 4.41. The molecule has 0 saturated heterocycles. The highest BCUT2D eigenvalue weighted by atomic mass is 127. The molecule has 1 amide bonds. The van der Waals surface area contributed by atoms with Crippen molar-refractivity contribution in [1.29, 1.82) is 0 Å². The van der Waals surface area contributed by atoms with Gasteiger partial charge in [-0.15, -0.1) is 24.0 Å². The molecular formula is C23H31IN6O2. The Bertz CT molecular complexity index is 1030. The van der Waals surface area contributed by atoms with Gasteiger partial charge < -0.3 is 25.7 Å². The summed E-state index contributed by atoms with van der Waals surface area (Å²) in [5.41, 5.74) is 8.46. The van der Waals surface area contributed by atoms with Crippen molar-refractivity contribution in [3.63, 3.8) is 0 Å². The number of benzene rings is 2. The maximum atomic E-state index is 10.8. The molecule has 0 aliphatic rings. The first-order valence-electron chi connectivity index (χ1n) is 10.4. The zero-order valence-corrected chi connectivity index (χ0v) is 20.8. The van der Waals surface area contributed by atoms with Gasteiger partial charge in [-0.05, 0) is 49.6 Å². The zero-order chi connectivity index (χ0) is 22.1. The number of amides is 1. The van der Waals surface area contributed by atoms with E-state index in [2.05, 4.69) is 31.2 Å². The number of hydrogen-bond donors (Lipinski definition) is 3. The van der Waals surface area contributed by atoms with Crippen LogP contribution in [0, 0.1) is 6.92 Å². The Morgan fingerprint density at radius 2 is 1.84 bits per heavy atom. The lowest BCUT2D eigenvalue weighted by molar-refractivity contribution is -0.119. The van der Waals surface area contributed by atoms with Crippen LogP contribution in [0.3, 0.4) is 0 Å². The van der Waals surface area contributed by atoms with Crippen molar-refractivity contribution in [2.75, 3.05) is 26.7 Å². The van der Waals surface area contributed by atoms with Gasteiger partial charge in [-0.2, -0.15) is 0 Å². The molecule has 2 aromatic carbocycles. The third-order valence-electron chi connectivity index (χ3n) is 4.93. The largest absolute Gasteiger partial charge is 0.484 e. The Balaban J connectivity index is 0.00000363. The van der Waals surface area contributed by atoms with Crippen LogP contribution >= 0.6 is 24.0 Å². The van der Waals surface area contributed by atoms with Crippen LogP contribution < -0.4 is 21.1 Å². The number of halogens is 1. The molecule has 32 heavy (non-hydrogen) atoms. The second-order valence-corrected chi connectivity index (χ2v) is 7.23. The fourth-order valence-corrected chi connectivity index (χ4v) is 3.37. The number of aliphatic imine (C=N–C) groups is 1. The Morgan fingerprint density at radius 3 is 2.56 bits per heavy atom. The van der Waals surface area contributed by atoms with Crippen molar-refractivity contribution in [3.8, 4) is 5.75 Å². The maximum Gasteiger partial charge on any atom is 0.255 e. The number of ether oxygens (including phenoxy) is 1. The summed E-state index contributed by atoms with van der Waals surface area (Å²) in [6.07, 6.45) is 1.81. The molecule has 0 spiro atoms. The molecule has 0 saturated carbocycles. The number of imidazole rings is 1. The van der Waals surface area contributed by atoms with Gasteiger partial charge in [-0.1, -0.05) is 24.3 Å². The lowest BCUT2D eigenvalue weighted by Crippen LogP contribution is -2.39. The fourth-order valence-electron chi connectivity index (χ4n) is 3.37. The summed E-state index contributed by atoms with van der Waals surface area (Å²) in [4.78, 5) is 19.7. The van der Waals surface area contributed by atoms with Crippen molar-refractivity contribution in [3.05, 3.63) is 59.9 Å². The summed E-state index contributed by atoms with van der Waals surface area (Å²) in [5, 5.41) is 6.70. The number of nitrogens with two attached hydrogens (primary N) is 1. The smallest absolute Gasteiger partial charge is 0.255 e. The highest BCUT2D eigenvalue weighted by Crippen LogP contribution is 2.15.